The molecule has 0 radical (unpaired) electrons. The Morgan fingerprint density at radius 2 is 2.17 bits per heavy atom. The molecule has 23 heavy (non-hydrogen) atoms. The third-order valence-electron chi connectivity index (χ3n) is 3.78. The fourth-order valence-corrected chi connectivity index (χ4v) is 3.28. The number of hydrogen-bond donors (Lipinski definition) is 2. The van der Waals surface area contributed by atoms with Crippen molar-refractivity contribution in [1.29, 1.82) is 0 Å². The van der Waals surface area contributed by atoms with E-state index in [4.69, 9.17) is 0 Å². The van der Waals surface area contributed by atoms with Crippen molar-refractivity contribution < 1.29 is 4.79 Å². The van der Waals surface area contributed by atoms with Crippen LogP contribution in [0.2, 0.25) is 0 Å². The monoisotopic (exact) mass is 332 g/mol. The number of nitrogens with one attached hydrogen (secondary N) is 2. The van der Waals surface area contributed by atoms with Crippen LogP contribution in [-0.4, -0.2) is 47.3 Å². The van der Waals surface area contributed by atoms with Crippen molar-refractivity contribution in [2.75, 3.05) is 36.4 Å². The van der Waals surface area contributed by atoms with Crippen molar-refractivity contribution in [3.8, 4) is 0 Å². The average molecular weight is 332 g/mol. The molecule has 1 fully saturated rings. The highest BCUT2D eigenvalue weighted by Crippen LogP contribution is 2.20. The second-order valence-corrected chi connectivity index (χ2v) is 6.30. The van der Waals surface area contributed by atoms with Gasteiger partial charge in [-0.3, -0.25) is 4.79 Å². The Morgan fingerprint density at radius 1 is 1.35 bits per heavy atom. The molecular formula is C15H20N6OS. The van der Waals surface area contributed by atoms with Gasteiger partial charge in [0.05, 0.1) is 23.1 Å². The summed E-state index contributed by atoms with van der Waals surface area (Å²) >= 11 is 1.36. The van der Waals surface area contributed by atoms with Gasteiger partial charge < -0.3 is 15.5 Å². The lowest BCUT2D eigenvalue weighted by Crippen LogP contribution is -2.28. The van der Waals surface area contributed by atoms with Crippen LogP contribution in [0.25, 0.3) is 0 Å². The third-order valence-corrected chi connectivity index (χ3v) is 4.71. The van der Waals surface area contributed by atoms with Crippen molar-refractivity contribution in [3.63, 3.8) is 0 Å². The predicted molar refractivity (Wildman–Crippen MR) is 91.2 cm³/mol. The van der Waals surface area contributed by atoms with E-state index in [1.807, 2.05) is 13.0 Å². The summed E-state index contributed by atoms with van der Waals surface area (Å²) in [7, 11) is 0. The largest absolute Gasteiger partial charge is 0.370 e. The summed E-state index contributed by atoms with van der Waals surface area (Å²) in [6.07, 6.45) is 4.26. The molecule has 3 rings (SSSR count). The molecule has 0 saturated carbocycles. The minimum absolute atomic E-state index is 0.0799. The van der Waals surface area contributed by atoms with E-state index in [-0.39, 0.29) is 5.91 Å². The van der Waals surface area contributed by atoms with Crippen molar-refractivity contribution in [1.82, 2.24) is 20.5 Å². The molecule has 1 aliphatic rings. The van der Waals surface area contributed by atoms with Crippen LogP contribution in [0.15, 0.2) is 17.8 Å². The third kappa shape index (κ3) is 3.95. The molecule has 8 heteroatoms. The van der Waals surface area contributed by atoms with Crippen LogP contribution in [0, 0.1) is 6.92 Å². The van der Waals surface area contributed by atoms with E-state index in [0.717, 1.165) is 30.3 Å². The molecule has 0 atom stereocenters. The van der Waals surface area contributed by atoms with E-state index in [1.165, 1.54) is 24.2 Å². The Morgan fingerprint density at radius 3 is 2.91 bits per heavy atom. The molecule has 1 aliphatic heterocycles. The standard InChI is InChI=1S/C15H20N6OS/c1-11-14(23-10-18-11)15(22)17-5-4-16-13-8-12(9-19-20-13)21-6-2-3-7-21/h8-10H,2-7H2,1H3,(H,16,20)(H,17,22). The quantitative estimate of drug-likeness (QED) is 0.783. The maximum absolute atomic E-state index is 12.0. The number of amides is 1. The maximum Gasteiger partial charge on any atom is 0.263 e. The lowest BCUT2D eigenvalue weighted by atomic mass is 10.3. The molecule has 3 heterocycles. The lowest BCUT2D eigenvalue weighted by molar-refractivity contribution is 0.0958. The fraction of sp³-hybridized carbons (Fsp3) is 0.467. The molecular weight excluding hydrogens is 312 g/mol. The zero-order chi connectivity index (χ0) is 16.1. The SMILES string of the molecule is Cc1ncsc1C(=O)NCCNc1cc(N2CCCC2)cnn1. The number of hydrogen-bond acceptors (Lipinski definition) is 7. The van der Waals surface area contributed by atoms with Gasteiger partial charge in [-0.25, -0.2) is 4.98 Å². The van der Waals surface area contributed by atoms with Crippen LogP contribution < -0.4 is 15.5 Å². The van der Waals surface area contributed by atoms with Gasteiger partial charge in [0.1, 0.15) is 4.88 Å². The zero-order valence-corrected chi connectivity index (χ0v) is 13.9. The summed E-state index contributed by atoms with van der Waals surface area (Å²) in [6.45, 7) is 5.11. The highest BCUT2D eigenvalue weighted by Gasteiger charge is 2.13. The molecule has 122 valence electrons. The van der Waals surface area contributed by atoms with E-state index < -0.39 is 0 Å². The fourth-order valence-electron chi connectivity index (χ4n) is 2.56. The van der Waals surface area contributed by atoms with Crippen molar-refractivity contribution >= 4 is 28.7 Å². The average Bonchev–Trinajstić information content (AvgIpc) is 3.23. The van der Waals surface area contributed by atoms with Crippen molar-refractivity contribution in [3.05, 3.63) is 28.3 Å². The highest BCUT2D eigenvalue weighted by atomic mass is 32.1. The Labute approximate surface area is 139 Å². The predicted octanol–water partition coefficient (Wildman–Crippen LogP) is 1.68. The molecule has 0 aromatic carbocycles. The van der Waals surface area contributed by atoms with Gasteiger partial charge in [-0.05, 0) is 19.8 Å². The van der Waals surface area contributed by atoms with Gasteiger partial charge in [0.2, 0.25) is 0 Å². The molecule has 0 spiro atoms. The zero-order valence-electron chi connectivity index (χ0n) is 13.1. The lowest BCUT2D eigenvalue weighted by Gasteiger charge is -2.17. The van der Waals surface area contributed by atoms with Gasteiger partial charge in [-0.2, -0.15) is 5.10 Å². The summed E-state index contributed by atoms with van der Waals surface area (Å²) in [6, 6.07) is 2.01. The first-order valence-electron chi connectivity index (χ1n) is 7.74. The van der Waals surface area contributed by atoms with E-state index >= 15 is 0 Å². The van der Waals surface area contributed by atoms with Crippen LogP contribution >= 0.6 is 11.3 Å². The Balaban J connectivity index is 1.46. The molecule has 1 amide bonds. The number of anilines is 2. The van der Waals surface area contributed by atoms with Crippen LogP contribution in [0.5, 0.6) is 0 Å². The van der Waals surface area contributed by atoms with E-state index in [9.17, 15) is 4.79 Å². The summed E-state index contributed by atoms with van der Waals surface area (Å²) in [5, 5.41) is 14.2. The summed E-state index contributed by atoms with van der Waals surface area (Å²) in [4.78, 5) is 19.0. The molecule has 0 bridgehead atoms. The number of nitrogens with zero attached hydrogens (tertiary/aromatic N) is 4. The number of carbonyl (C=O) groups excluding carboxylic acids is 1. The smallest absolute Gasteiger partial charge is 0.263 e. The van der Waals surface area contributed by atoms with Gasteiger partial charge in [-0.15, -0.1) is 16.4 Å². The van der Waals surface area contributed by atoms with Gasteiger partial charge in [-0.1, -0.05) is 0 Å². The molecule has 2 aromatic rings. The van der Waals surface area contributed by atoms with Crippen LogP contribution in [0.4, 0.5) is 11.5 Å². The van der Waals surface area contributed by atoms with E-state index in [2.05, 4.69) is 30.7 Å². The van der Waals surface area contributed by atoms with E-state index in [0.29, 0.717) is 18.0 Å². The Kier molecular flexibility index (Phi) is 5.02. The number of aryl methyl sites for hydroxylation is 1. The first kappa shape index (κ1) is 15.7. The highest BCUT2D eigenvalue weighted by molar-refractivity contribution is 7.11. The molecule has 7 nitrogen and oxygen atoms in total. The van der Waals surface area contributed by atoms with Crippen molar-refractivity contribution in [2.24, 2.45) is 0 Å². The molecule has 2 N–H and O–H groups in total. The molecule has 2 aromatic heterocycles. The topological polar surface area (TPSA) is 83.0 Å². The van der Waals surface area contributed by atoms with Crippen LogP contribution in [0.1, 0.15) is 28.2 Å². The minimum Gasteiger partial charge on any atom is -0.370 e. The second-order valence-electron chi connectivity index (χ2n) is 5.44. The molecule has 1 saturated heterocycles. The Bertz CT molecular complexity index is 667. The minimum atomic E-state index is -0.0799. The summed E-state index contributed by atoms with van der Waals surface area (Å²) < 4.78 is 0. The molecule has 0 aliphatic carbocycles. The number of carbonyl (C=O) groups is 1. The van der Waals surface area contributed by atoms with Crippen LogP contribution in [-0.2, 0) is 0 Å². The van der Waals surface area contributed by atoms with Crippen molar-refractivity contribution in [2.45, 2.75) is 19.8 Å². The van der Waals surface area contributed by atoms with Gasteiger partial charge >= 0.3 is 0 Å². The van der Waals surface area contributed by atoms with Gasteiger partial charge in [0, 0.05) is 32.2 Å². The first-order chi connectivity index (χ1) is 11.2. The first-order valence-corrected chi connectivity index (χ1v) is 8.62. The summed E-state index contributed by atoms with van der Waals surface area (Å²) in [5.74, 6) is 0.654. The Hall–Kier alpha value is -2.22. The van der Waals surface area contributed by atoms with Gasteiger partial charge in [0.15, 0.2) is 5.82 Å². The van der Waals surface area contributed by atoms with E-state index in [1.54, 1.807) is 11.7 Å². The molecule has 0 unspecified atom stereocenters. The van der Waals surface area contributed by atoms with Crippen LogP contribution in [0.3, 0.4) is 0 Å². The second kappa shape index (κ2) is 7.36. The number of aromatic nitrogens is 3. The number of rotatable bonds is 6. The maximum atomic E-state index is 12.0. The van der Waals surface area contributed by atoms with Gasteiger partial charge in [0.25, 0.3) is 5.91 Å². The number of thiazole rings is 1. The normalized spacial score (nSPS) is 14.0. The summed E-state index contributed by atoms with van der Waals surface area (Å²) in [5.41, 5.74) is 3.55.